The molecule has 0 heterocycles. The van der Waals surface area contributed by atoms with E-state index in [1.807, 2.05) is 32.0 Å². The van der Waals surface area contributed by atoms with Crippen LogP contribution in [0.5, 0.6) is 0 Å². The lowest BCUT2D eigenvalue weighted by molar-refractivity contribution is -0.124. The van der Waals surface area contributed by atoms with Crippen molar-refractivity contribution < 1.29 is 9.59 Å². The smallest absolute Gasteiger partial charge is 0.251 e. The molecule has 1 aromatic carbocycles. The molecule has 0 spiro atoms. The third kappa shape index (κ3) is 4.58. The van der Waals surface area contributed by atoms with E-state index in [-0.39, 0.29) is 23.8 Å². The van der Waals surface area contributed by atoms with Gasteiger partial charge in [-0.05, 0) is 30.9 Å². The second-order valence-corrected chi connectivity index (χ2v) is 6.40. The zero-order valence-corrected chi connectivity index (χ0v) is 13.5. The van der Waals surface area contributed by atoms with Crippen LogP contribution in [0.4, 0.5) is 0 Å². The predicted molar refractivity (Wildman–Crippen MR) is 87.5 cm³/mol. The van der Waals surface area contributed by atoms with E-state index in [2.05, 4.69) is 10.6 Å². The van der Waals surface area contributed by atoms with Crippen LogP contribution >= 0.6 is 0 Å². The molecule has 1 fully saturated rings. The van der Waals surface area contributed by atoms with Gasteiger partial charge in [0.1, 0.15) is 6.04 Å². The summed E-state index contributed by atoms with van der Waals surface area (Å²) in [4.78, 5) is 24.8. The first-order chi connectivity index (χ1) is 10.6. The molecule has 1 aliphatic rings. The van der Waals surface area contributed by atoms with Crippen LogP contribution in [0, 0.1) is 5.92 Å². The molecule has 120 valence electrons. The molecule has 2 rings (SSSR count). The minimum atomic E-state index is -0.491. The number of rotatable bonds is 5. The van der Waals surface area contributed by atoms with Gasteiger partial charge in [-0.1, -0.05) is 51.3 Å². The maximum absolute atomic E-state index is 12.5. The molecule has 0 unspecified atom stereocenters. The first-order valence-corrected chi connectivity index (χ1v) is 8.24. The molecular formula is C18H26N2O2. The molecule has 0 radical (unpaired) electrons. The first kappa shape index (κ1) is 16.5. The van der Waals surface area contributed by atoms with Crippen molar-refractivity contribution >= 4 is 11.8 Å². The zero-order valence-electron chi connectivity index (χ0n) is 13.5. The van der Waals surface area contributed by atoms with Crippen LogP contribution in [0.15, 0.2) is 30.3 Å². The van der Waals surface area contributed by atoms with Gasteiger partial charge in [-0.25, -0.2) is 0 Å². The van der Waals surface area contributed by atoms with Crippen molar-refractivity contribution in [3.8, 4) is 0 Å². The highest BCUT2D eigenvalue weighted by atomic mass is 16.2. The van der Waals surface area contributed by atoms with Crippen LogP contribution in [-0.2, 0) is 4.79 Å². The van der Waals surface area contributed by atoms with E-state index < -0.39 is 6.04 Å². The molecule has 4 heteroatoms. The number of carbonyl (C=O) groups excluding carboxylic acids is 2. The van der Waals surface area contributed by atoms with E-state index in [9.17, 15) is 9.59 Å². The van der Waals surface area contributed by atoms with E-state index >= 15 is 0 Å². The molecule has 22 heavy (non-hydrogen) atoms. The van der Waals surface area contributed by atoms with Crippen LogP contribution in [0.2, 0.25) is 0 Å². The number of hydrogen-bond acceptors (Lipinski definition) is 2. The standard InChI is InChI=1S/C18H26N2O2/c1-13(2)16(18(22)19-15-11-7-4-8-12-15)20-17(21)14-9-5-3-6-10-14/h3,5-6,9-10,13,15-16H,4,7-8,11-12H2,1-2H3,(H,19,22)(H,20,21)/t16-/m0/s1. The molecule has 2 amide bonds. The number of hydrogen-bond donors (Lipinski definition) is 2. The lowest BCUT2D eigenvalue weighted by Crippen LogP contribution is -2.52. The largest absolute Gasteiger partial charge is 0.352 e. The number of benzene rings is 1. The SMILES string of the molecule is CC(C)[C@H](NC(=O)c1ccccc1)C(=O)NC1CCCCC1. The molecule has 1 aromatic rings. The predicted octanol–water partition coefficient (Wildman–Crippen LogP) is 2.89. The Kier molecular flexibility index (Phi) is 5.99. The Morgan fingerprint density at radius 2 is 1.68 bits per heavy atom. The lowest BCUT2D eigenvalue weighted by atomic mass is 9.94. The normalized spacial score (nSPS) is 17.0. The summed E-state index contributed by atoms with van der Waals surface area (Å²) in [6, 6.07) is 8.79. The number of nitrogens with one attached hydrogen (secondary N) is 2. The van der Waals surface area contributed by atoms with Gasteiger partial charge in [0.05, 0.1) is 0 Å². The fourth-order valence-corrected chi connectivity index (χ4v) is 2.89. The van der Waals surface area contributed by atoms with Crippen LogP contribution in [-0.4, -0.2) is 23.9 Å². The first-order valence-electron chi connectivity index (χ1n) is 8.24. The van der Waals surface area contributed by atoms with E-state index in [1.165, 1.54) is 19.3 Å². The van der Waals surface area contributed by atoms with Gasteiger partial charge in [0.15, 0.2) is 0 Å². The average molecular weight is 302 g/mol. The third-order valence-electron chi connectivity index (χ3n) is 4.22. The summed E-state index contributed by atoms with van der Waals surface area (Å²) in [5.74, 6) is -0.208. The third-order valence-corrected chi connectivity index (χ3v) is 4.22. The summed E-state index contributed by atoms with van der Waals surface area (Å²) >= 11 is 0. The Labute approximate surface area is 132 Å². The van der Waals surface area contributed by atoms with Crippen molar-refractivity contribution in [2.24, 2.45) is 5.92 Å². The van der Waals surface area contributed by atoms with Gasteiger partial charge in [0.2, 0.25) is 5.91 Å². The van der Waals surface area contributed by atoms with Gasteiger partial charge >= 0.3 is 0 Å². The monoisotopic (exact) mass is 302 g/mol. The van der Waals surface area contributed by atoms with Gasteiger partial charge in [-0.3, -0.25) is 9.59 Å². The zero-order chi connectivity index (χ0) is 15.9. The Hall–Kier alpha value is -1.84. The maximum Gasteiger partial charge on any atom is 0.251 e. The molecule has 0 aromatic heterocycles. The maximum atomic E-state index is 12.5. The fourth-order valence-electron chi connectivity index (χ4n) is 2.89. The highest BCUT2D eigenvalue weighted by Crippen LogP contribution is 2.18. The van der Waals surface area contributed by atoms with E-state index in [1.54, 1.807) is 12.1 Å². The highest BCUT2D eigenvalue weighted by Gasteiger charge is 2.26. The second-order valence-electron chi connectivity index (χ2n) is 6.40. The van der Waals surface area contributed by atoms with Crippen molar-refractivity contribution in [3.05, 3.63) is 35.9 Å². The van der Waals surface area contributed by atoms with Crippen molar-refractivity contribution in [2.45, 2.75) is 58.0 Å². The number of amides is 2. The Morgan fingerprint density at radius 1 is 1.05 bits per heavy atom. The summed E-state index contributed by atoms with van der Waals surface area (Å²) in [5, 5.41) is 5.97. The molecule has 1 aliphatic carbocycles. The molecule has 0 aliphatic heterocycles. The Bertz CT molecular complexity index is 493. The molecule has 0 bridgehead atoms. The highest BCUT2D eigenvalue weighted by molar-refractivity contribution is 5.97. The van der Waals surface area contributed by atoms with Crippen LogP contribution in [0.1, 0.15) is 56.3 Å². The minimum Gasteiger partial charge on any atom is -0.352 e. The molecular weight excluding hydrogens is 276 g/mol. The van der Waals surface area contributed by atoms with Crippen molar-refractivity contribution in [3.63, 3.8) is 0 Å². The van der Waals surface area contributed by atoms with Crippen LogP contribution in [0.25, 0.3) is 0 Å². The van der Waals surface area contributed by atoms with Gasteiger partial charge in [-0.15, -0.1) is 0 Å². The summed E-state index contributed by atoms with van der Waals surface area (Å²) < 4.78 is 0. The van der Waals surface area contributed by atoms with Crippen molar-refractivity contribution in [1.29, 1.82) is 0 Å². The van der Waals surface area contributed by atoms with Crippen molar-refractivity contribution in [1.82, 2.24) is 10.6 Å². The van der Waals surface area contributed by atoms with E-state index in [0.717, 1.165) is 12.8 Å². The minimum absolute atomic E-state index is 0.0521. The fraction of sp³-hybridized carbons (Fsp3) is 0.556. The molecule has 0 saturated heterocycles. The second kappa shape index (κ2) is 7.97. The van der Waals surface area contributed by atoms with Gasteiger partial charge in [-0.2, -0.15) is 0 Å². The molecule has 1 saturated carbocycles. The Balaban J connectivity index is 1.96. The van der Waals surface area contributed by atoms with Crippen molar-refractivity contribution in [2.75, 3.05) is 0 Å². The molecule has 4 nitrogen and oxygen atoms in total. The summed E-state index contributed by atoms with van der Waals surface area (Å²) in [5.41, 5.74) is 0.582. The lowest BCUT2D eigenvalue weighted by Gasteiger charge is -2.27. The molecule has 2 N–H and O–H groups in total. The Morgan fingerprint density at radius 3 is 2.27 bits per heavy atom. The quantitative estimate of drug-likeness (QED) is 0.878. The summed E-state index contributed by atoms with van der Waals surface area (Å²) in [7, 11) is 0. The van der Waals surface area contributed by atoms with Crippen LogP contribution in [0.3, 0.4) is 0 Å². The van der Waals surface area contributed by atoms with Gasteiger partial charge in [0.25, 0.3) is 5.91 Å². The summed E-state index contributed by atoms with van der Waals surface area (Å²) in [6.07, 6.45) is 5.69. The van der Waals surface area contributed by atoms with E-state index in [0.29, 0.717) is 5.56 Å². The summed E-state index contributed by atoms with van der Waals surface area (Å²) in [6.45, 7) is 3.91. The topological polar surface area (TPSA) is 58.2 Å². The number of carbonyl (C=O) groups is 2. The average Bonchev–Trinajstić information content (AvgIpc) is 2.53. The van der Waals surface area contributed by atoms with Crippen LogP contribution < -0.4 is 10.6 Å². The van der Waals surface area contributed by atoms with Gasteiger partial charge in [0, 0.05) is 11.6 Å². The van der Waals surface area contributed by atoms with E-state index in [4.69, 9.17) is 0 Å². The van der Waals surface area contributed by atoms with Gasteiger partial charge < -0.3 is 10.6 Å². The molecule has 1 atom stereocenters.